The van der Waals surface area contributed by atoms with Crippen molar-refractivity contribution in [3.05, 3.63) is 71.5 Å². The summed E-state index contributed by atoms with van der Waals surface area (Å²) >= 11 is 0. The molecule has 2 aromatic carbocycles. The van der Waals surface area contributed by atoms with Gasteiger partial charge in [0.2, 0.25) is 0 Å². The average Bonchev–Trinajstić information content (AvgIpc) is 3.56. The lowest BCUT2D eigenvalue weighted by atomic mass is 9.95. The molecule has 0 atom stereocenters. The van der Waals surface area contributed by atoms with Gasteiger partial charge in [-0.15, -0.1) is 12.3 Å². The van der Waals surface area contributed by atoms with Crippen molar-refractivity contribution in [2.75, 3.05) is 27.2 Å². The Morgan fingerprint density at radius 3 is 2.53 bits per heavy atom. The molecular formula is C30H28N4O4. The van der Waals surface area contributed by atoms with Gasteiger partial charge in [-0.05, 0) is 39.2 Å². The van der Waals surface area contributed by atoms with Gasteiger partial charge < -0.3 is 19.2 Å². The predicted molar refractivity (Wildman–Crippen MR) is 147 cm³/mol. The van der Waals surface area contributed by atoms with Crippen molar-refractivity contribution in [1.29, 1.82) is 0 Å². The van der Waals surface area contributed by atoms with E-state index in [1.165, 1.54) is 0 Å². The highest BCUT2D eigenvalue weighted by Crippen LogP contribution is 2.38. The molecule has 8 heteroatoms. The molecule has 5 rings (SSSR count). The first-order chi connectivity index (χ1) is 18.4. The van der Waals surface area contributed by atoms with Crippen LogP contribution in [0.5, 0.6) is 0 Å². The van der Waals surface area contributed by atoms with Gasteiger partial charge in [0.1, 0.15) is 6.61 Å². The van der Waals surface area contributed by atoms with Gasteiger partial charge in [0.15, 0.2) is 0 Å². The summed E-state index contributed by atoms with van der Waals surface area (Å²) < 4.78 is 7.42. The first kappa shape index (κ1) is 25.1. The molecule has 192 valence electrons. The monoisotopic (exact) mass is 508 g/mol. The topological polar surface area (TPSA) is 96.4 Å². The number of ether oxygens (including phenoxy) is 1. The largest absolute Gasteiger partial charge is 0.461 e. The standard InChI is InChI=1S/C30H28N4O4/c1-4-5-16-38-30(37)21-12-8-11-20-22(17-31-27(20)21)25-26(29(36)32-28(25)35)23-18-34(15-9-14-33(2)3)24-13-7-6-10-19(23)24/h1,6-8,10-13,17-18,31H,5,9,14-16H2,2-3H3,(H,32,35,36). The average molecular weight is 509 g/mol. The van der Waals surface area contributed by atoms with Crippen molar-refractivity contribution in [2.45, 2.75) is 19.4 Å². The first-order valence-corrected chi connectivity index (χ1v) is 12.4. The molecule has 1 aliphatic rings. The molecule has 38 heavy (non-hydrogen) atoms. The summed E-state index contributed by atoms with van der Waals surface area (Å²) in [5.74, 6) is 1.01. The fourth-order valence-electron chi connectivity index (χ4n) is 4.97. The number of benzene rings is 2. The predicted octanol–water partition coefficient (Wildman–Crippen LogP) is 3.82. The highest BCUT2D eigenvalue weighted by molar-refractivity contribution is 6.50. The number of hydrogen-bond donors (Lipinski definition) is 2. The molecular weight excluding hydrogens is 480 g/mol. The van der Waals surface area contributed by atoms with Crippen LogP contribution in [0.4, 0.5) is 0 Å². The molecule has 2 N–H and O–H groups in total. The van der Waals surface area contributed by atoms with Gasteiger partial charge >= 0.3 is 5.97 Å². The number of esters is 1. The van der Waals surface area contributed by atoms with Crippen molar-refractivity contribution >= 4 is 50.7 Å². The lowest BCUT2D eigenvalue weighted by Gasteiger charge is -2.10. The molecule has 2 aromatic heterocycles. The van der Waals surface area contributed by atoms with E-state index in [-0.39, 0.29) is 12.2 Å². The summed E-state index contributed by atoms with van der Waals surface area (Å²) in [6.07, 6.45) is 10.1. The van der Waals surface area contributed by atoms with Crippen molar-refractivity contribution in [2.24, 2.45) is 0 Å². The summed E-state index contributed by atoms with van der Waals surface area (Å²) in [5, 5.41) is 4.02. The van der Waals surface area contributed by atoms with E-state index in [2.05, 4.69) is 25.7 Å². The Balaban J connectivity index is 1.63. The molecule has 0 unspecified atom stereocenters. The Kier molecular flexibility index (Phi) is 6.86. The number of aromatic amines is 1. The smallest absolute Gasteiger partial charge is 0.340 e. The van der Waals surface area contributed by atoms with Gasteiger partial charge in [0, 0.05) is 52.8 Å². The molecule has 4 aromatic rings. The summed E-state index contributed by atoms with van der Waals surface area (Å²) in [6, 6.07) is 13.1. The van der Waals surface area contributed by atoms with E-state index in [1.54, 1.807) is 18.3 Å². The summed E-state index contributed by atoms with van der Waals surface area (Å²) in [4.78, 5) is 44.3. The van der Waals surface area contributed by atoms with Crippen LogP contribution < -0.4 is 5.32 Å². The second-order valence-corrected chi connectivity index (χ2v) is 9.46. The van der Waals surface area contributed by atoms with Crippen LogP contribution >= 0.6 is 0 Å². The van der Waals surface area contributed by atoms with Gasteiger partial charge in [0.25, 0.3) is 11.8 Å². The number of terminal acetylenes is 1. The lowest BCUT2D eigenvalue weighted by Crippen LogP contribution is -2.22. The normalized spacial score (nSPS) is 13.5. The molecule has 2 amide bonds. The molecule has 1 aliphatic heterocycles. The molecule has 0 fully saturated rings. The number of nitrogens with zero attached hydrogens (tertiary/aromatic N) is 2. The second kappa shape index (κ2) is 10.4. The van der Waals surface area contributed by atoms with Crippen LogP contribution in [0.3, 0.4) is 0 Å². The van der Waals surface area contributed by atoms with Crippen molar-refractivity contribution < 1.29 is 19.1 Å². The fraction of sp³-hybridized carbons (Fsp3) is 0.233. The Morgan fingerprint density at radius 1 is 1.03 bits per heavy atom. The van der Waals surface area contributed by atoms with E-state index in [0.29, 0.717) is 39.6 Å². The van der Waals surface area contributed by atoms with Crippen LogP contribution in [0.25, 0.3) is 33.0 Å². The molecule has 0 spiro atoms. The van der Waals surface area contributed by atoms with Crippen LogP contribution in [-0.2, 0) is 20.9 Å². The quantitative estimate of drug-likeness (QED) is 0.155. The molecule has 8 nitrogen and oxygen atoms in total. The lowest BCUT2D eigenvalue weighted by molar-refractivity contribution is -0.122. The van der Waals surface area contributed by atoms with Crippen LogP contribution in [-0.4, -0.2) is 59.5 Å². The van der Waals surface area contributed by atoms with Gasteiger partial charge in [-0.25, -0.2) is 4.79 Å². The third-order valence-corrected chi connectivity index (χ3v) is 6.68. The number of aryl methyl sites for hydroxylation is 1. The molecule has 0 bridgehead atoms. The van der Waals surface area contributed by atoms with Gasteiger partial charge in [-0.2, -0.15) is 0 Å². The maximum Gasteiger partial charge on any atom is 0.340 e. The number of amides is 2. The highest BCUT2D eigenvalue weighted by Gasteiger charge is 2.35. The van der Waals surface area contributed by atoms with E-state index < -0.39 is 17.8 Å². The highest BCUT2D eigenvalue weighted by atomic mass is 16.5. The SMILES string of the molecule is C#CCCOC(=O)c1cccc2c(C3=C(c4cn(CCCN(C)C)c5ccccc45)C(=O)NC3=O)c[nH]c12. The van der Waals surface area contributed by atoms with E-state index in [1.807, 2.05) is 50.6 Å². The number of nitrogens with one attached hydrogen (secondary N) is 2. The van der Waals surface area contributed by atoms with Crippen LogP contribution in [0.15, 0.2) is 54.9 Å². The number of aromatic nitrogens is 2. The Bertz CT molecular complexity index is 1650. The van der Waals surface area contributed by atoms with E-state index >= 15 is 0 Å². The van der Waals surface area contributed by atoms with Gasteiger partial charge in [0.05, 0.1) is 22.2 Å². The van der Waals surface area contributed by atoms with Crippen LogP contribution in [0.1, 0.15) is 34.3 Å². The van der Waals surface area contributed by atoms with E-state index in [0.717, 1.165) is 30.4 Å². The number of imide groups is 1. The van der Waals surface area contributed by atoms with Crippen molar-refractivity contribution in [3.8, 4) is 12.3 Å². The maximum absolute atomic E-state index is 13.2. The zero-order chi connectivity index (χ0) is 26.8. The summed E-state index contributed by atoms with van der Waals surface area (Å²) in [5.41, 5.74) is 3.68. The van der Waals surface area contributed by atoms with Crippen LogP contribution in [0.2, 0.25) is 0 Å². The Labute approximate surface area is 220 Å². The maximum atomic E-state index is 13.2. The number of carbonyl (C=O) groups is 3. The zero-order valence-electron chi connectivity index (χ0n) is 21.3. The summed E-state index contributed by atoms with van der Waals surface area (Å²) in [6.45, 7) is 1.82. The molecule has 0 aliphatic carbocycles. The fourth-order valence-corrected chi connectivity index (χ4v) is 4.97. The van der Waals surface area contributed by atoms with Crippen molar-refractivity contribution in [3.63, 3.8) is 0 Å². The Hall–Kier alpha value is -4.61. The Morgan fingerprint density at radius 2 is 1.76 bits per heavy atom. The minimum atomic E-state index is -0.513. The summed E-state index contributed by atoms with van der Waals surface area (Å²) in [7, 11) is 4.07. The second-order valence-electron chi connectivity index (χ2n) is 9.46. The van der Waals surface area contributed by atoms with Gasteiger partial charge in [-0.1, -0.05) is 30.3 Å². The molecule has 3 heterocycles. The number of fused-ring (bicyclic) bond motifs is 2. The zero-order valence-corrected chi connectivity index (χ0v) is 21.3. The van der Waals surface area contributed by atoms with Crippen LogP contribution in [0, 0.1) is 12.3 Å². The molecule has 0 saturated heterocycles. The van der Waals surface area contributed by atoms with Gasteiger partial charge in [-0.3, -0.25) is 14.9 Å². The number of rotatable bonds is 9. The minimum Gasteiger partial charge on any atom is -0.461 e. The number of H-pyrrole nitrogens is 1. The first-order valence-electron chi connectivity index (χ1n) is 12.4. The number of para-hydroxylation sites is 2. The minimum absolute atomic E-state index is 0.115. The van der Waals surface area contributed by atoms with E-state index in [4.69, 9.17) is 11.2 Å². The van der Waals surface area contributed by atoms with Crippen molar-refractivity contribution in [1.82, 2.24) is 19.8 Å². The molecule has 0 saturated carbocycles. The number of carbonyl (C=O) groups excluding carboxylic acids is 3. The number of hydrogen-bond acceptors (Lipinski definition) is 5. The third-order valence-electron chi connectivity index (χ3n) is 6.68. The third kappa shape index (κ3) is 4.49. The molecule has 0 radical (unpaired) electrons. The van der Waals surface area contributed by atoms with E-state index in [9.17, 15) is 14.4 Å².